The van der Waals surface area contributed by atoms with E-state index in [-0.39, 0.29) is 60.9 Å². The number of allylic oxidation sites excluding steroid dienone is 2. The fourth-order valence-corrected chi connectivity index (χ4v) is 13.0. The average molecular weight is 1200 g/mol. The van der Waals surface area contributed by atoms with E-state index in [2.05, 4.69) is 45.2 Å². The van der Waals surface area contributed by atoms with Crippen molar-refractivity contribution >= 4 is 52.8 Å². The molecule has 1 aromatic carbocycles. The summed E-state index contributed by atoms with van der Waals surface area (Å²) in [5.41, 5.74) is 0.372. The van der Waals surface area contributed by atoms with Gasteiger partial charge in [-0.05, 0) is 94.9 Å². The van der Waals surface area contributed by atoms with Gasteiger partial charge in [0, 0.05) is 67.8 Å². The van der Waals surface area contributed by atoms with Crippen LogP contribution in [-0.4, -0.2) is 175 Å². The van der Waals surface area contributed by atoms with Gasteiger partial charge in [-0.2, -0.15) is 0 Å². The number of fused-ring (bicyclic) bond motifs is 2. The van der Waals surface area contributed by atoms with Crippen molar-refractivity contribution in [1.82, 2.24) is 10.2 Å². The van der Waals surface area contributed by atoms with E-state index in [1.54, 1.807) is 54.1 Å². The molecule has 460 valence electrons. The lowest BCUT2D eigenvalue weighted by molar-refractivity contribution is -0.318. The number of methoxy groups -OCH3 is 2. The maximum absolute atomic E-state index is 14.3. The molecule has 22 heteroatoms. The maximum Gasteiger partial charge on any atom is 0.340 e. The Bertz CT molecular complexity index is 2650. The number of urea groups is 2. The zero-order chi connectivity index (χ0) is 60.4. The third-order valence-electron chi connectivity index (χ3n) is 17.2. The van der Waals surface area contributed by atoms with Gasteiger partial charge in [0.15, 0.2) is 18.4 Å². The minimum Gasteiger partial charge on any atom is -0.462 e. The Labute approximate surface area is 497 Å². The number of anilines is 1. The van der Waals surface area contributed by atoms with Gasteiger partial charge in [-0.1, -0.05) is 93.8 Å². The Hall–Kier alpha value is -4.10. The maximum atomic E-state index is 14.3. The molecular weight excluding hydrogens is 1120 g/mol. The highest BCUT2D eigenvalue weighted by Gasteiger charge is 2.60. The van der Waals surface area contributed by atoms with Crippen molar-refractivity contribution in [3.63, 3.8) is 0 Å². The van der Waals surface area contributed by atoms with Crippen molar-refractivity contribution < 1.29 is 81.9 Å². The second kappa shape index (κ2) is 27.3. The fraction of sp³-hybridized carbons (Fsp3) is 0.672. The van der Waals surface area contributed by atoms with Gasteiger partial charge < -0.3 is 68.0 Å². The van der Waals surface area contributed by atoms with Gasteiger partial charge >= 0.3 is 18.0 Å². The lowest BCUT2D eigenvalue weighted by Crippen LogP contribution is -2.58. The zero-order valence-electron chi connectivity index (χ0n) is 49.6. The Morgan fingerprint density at radius 2 is 1.54 bits per heavy atom. The van der Waals surface area contributed by atoms with Crippen LogP contribution in [0.15, 0.2) is 77.5 Å². The monoisotopic (exact) mass is 1200 g/mol. The first-order valence-corrected chi connectivity index (χ1v) is 29.8. The predicted molar refractivity (Wildman–Crippen MR) is 307 cm³/mol. The summed E-state index contributed by atoms with van der Waals surface area (Å²) < 4.78 is 63.7. The van der Waals surface area contributed by atoms with Crippen LogP contribution in [0.1, 0.15) is 108 Å². The number of nitrogens with zero attached hydrogens (tertiary/aromatic N) is 2. The molecule has 0 saturated carbocycles. The third-order valence-corrected chi connectivity index (χ3v) is 17.7. The number of hydrogen-bond donors (Lipinski definition) is 4. The highest BCUT2D eigenvalue weighted by Crippen LogP contribution is 2.47. The molecule has 20 nitrogen and oxygen atoms in total. The molecule has 1 aliphatic carbocycles. The third kappa shape index (κ3) is 14.3. The van der Waals surface area contributed by atoms with Crippen LogP contribution >= 0.6 is 23.2 Å². The molecule has 5 saturated heterocycles. The number of esters is 1. The molecule has 83 heavy (non-hydrogen) atoms. The van der Waals surface area contributed by atoms with E-state index >= 15 is 0 Å². The zero-order valence-corrected chi connectivity index (χ0v) is 51.1. The minimum atomic E-state index is -1.84. The van der Waals surface area contributed by atoms with Gasteiger partial charge in [-0.3, -0.25) is 9.59 Å². The highest BCUT2D eigenvalue weighted by atomic mass is 35.5. The van der Waals surface area contributed by atoms with Crippen molar-refractivity contribution in [3.8, 4) is 0 Å². The number of carbonyl (C=O) groups excluding carboxylic acids is 4. The Morgan fingerprint density at radius 3 is 2.22 bits per heavy atom. The summed E-state index contributed by atoms with van der Waals surface area (Å²) in [5.74, 6) is -3.08. The Balaban J connectivity index is 0.000000359. The molecule has 8 aliphatic rings. The van der Waals surface area contributed by atoms with E-state index in [1.807, 2.05) is 32.1 Å². The summed E-state index contributed by atoms with van der Waals surface area (Å²) in [6.45, 7) is 19.3. The molecular formula is C61H85Cl2N3O17. The van der Waals surface area contributed by atoms with Gasteiger partial charge in [0.1, 0.15) is 48.6 Å². The van der Waals surface area contributed by atoms with Crippen LogP contribution in [0.5, 0.6) is 0 Å². The van der Waals surface area contributed by atoms with Gasteiger partial charge in [0.2, 0.25) is 0 Å². The van der Waals surface area contributed by atoms with E-state index in [1.165, 1.54) is 18.2 Å². The van der Waals surface area contributed by atoms with Crippen molar-refractivity contribution in [2.24, 2.45) is 23.7 Å². The quantitative estimate of drug-likeness (QED) is 0.0979. The smallest absolute Gasteiger partial charge is 0.340 e. The van der Waals surface area contributed by atoms with E-state index in [9.17, 15) is 34.5 Å². The summed E-state index contributed by atoms with van der Waals surface area (Å²) >= 11 is 11.7. The van der Waals surface area contributed by atoms with Crippen LogP contribution < -0.4 is 10.2 Å². The number of ether oxygens (including phenoxy) is 10. The van der Waals surface area contributed by atoms with Crippen LogP contribution in [0.4, 0.5) is 15.3 Å². The van der Waals surface area contributed by atoms with E-state index in [0.717, 1.165) is 21.8 Å². The van der Waals surface area contributed by atoms with Crippen LogP contribution in [0.25, 0.3) is 0 Å². The SMILES string of the molecule is CC(C)NC(=O)N1CC(=O)N(c2cc(Cl)cc(Cl)c2)C1=O.CC[C@H](C)[C@H]1O[C@]2(C=C[C@@H]1C)C[C@@H]1C[C@@H](C/C=C(\C)[C@@H](O[C@H]3C[C@H](OC)[C@@H](O[C@H]4C[C@H](OC)[C@@H](O)[C@H](C)O4)[C@H](C)O3)[C@@H](C)/C=C/C=C3\CO[C@@H]4[C@H](O)C(C)=C[C@@H](C(=O)O1)[C@]34O)O2. The standard InChI is InChI=1S/C48H72O14.C13H13Cl2N3O3/c1-11-25(2)43-28(5)17-18-47(62-43)23-34-20-33(61-47)16-15-27(4)42(26(3)13-12-14-32-24-55-45-40(49)29(6)19-35(46(51)58-34)48(32,45)52)59-39-22-37(54-10)44(31(8)57-39)60-38-21-36(53-9)41(50)30(7)56-38;1-7(2)16-12(20)17-6-11(19)18(13(17)21)10-4-8(14)3-9(15)5-10/h12-15,17-19,25-26,28,30-31,33-45,49-50,52H,11,16,20-24H2,1-10H3;3-5,7H,6H2,1-2H3,(H,16,20)/b13-12+,27-15+,32-14+;/t25-,26-,28-,30-,31-,33+,34-,35-,36-,37-,38-,39-,40+,41-,42-,43+,44-,45+,47+,48+;/m0./s1. The molecule has 0 unspecified atom stereocenters. The molecule has 1 aromatic rings. The van der Waals surface area contributed by atoms with Gasteiger partial charge in [-0.15, -0.1) is 0 Å². The number of aliphatic hydroxyl groups excluding tert-OH is 2. The topological polar surface area (TPSA) is 240 Å². The highest BCUT2D eigenvalue weighted by molar-refractivity contribution is 6.35. The fourth-order valence-electron chi connectivity index (χ4n) is 12.5. The van der Waals surface area contributed by atoms with E-state index < -0.39 is 109 Å². The molecule has 4 N–H and O–H groups in total. The van der Waals surface area contributed by atoms with Gasteiger partial charge in [-0.25, -0.2) is 19.4 Å². The Kier molecular flexibility index (Phi) is 21.3. The molecule has 2 bridgehead atoms. The summed E-state index contributed by atoms with van der Waals surface area (Å²) in [6.07, 6.45) is 8.55. The summed E-state index contributed by atoms with van der Waals surface area (Å²) in [7, 11) is 3.22. The first-order chi connectivity index (χ1) is 39.3. The average Bonchev–Trinajstić information content (AvgIpc) is 2.19. The van der Waals surface area contributed by atoms with Crippen molar-refractivity contribution in [3.05, 3.63) is 87.5 Å². The van der Waals surface area contributed by atoms with Gasteiger partial charge in [0.05, 0.1) is 55.0 Å². The lowest BCUT2D eigenvalue weighted by Gasteiger charge is -2.48. The summed E-state index contributed by atoms with van der Waals surface area (Å²) in [4.78, 5) is 52.2. The van der Waals surface area contributed by atoms with Crippen molar-refractivity contribution in [2.75, 3.05) is 32.3 Å². The van der Waals surface area contributed by atoms with Crippen LogP contribution in [0, 0.1) is 23.7 Å². The number of amides is 5. The van der Waals surface area contributed by atoms with Crippen molar-refractivity contribution in [2.45, 2.75) is 211 Å². The molecule has 5 fully saturated rings. The molecule has 5 amide bonds. The van der Waals surface area contributed by atoms with E-state index in [4.69, 9.17) is 70.6 Å². The number of benzene rings is 1. The van der Waals surface area contributed by atoms with Gasteiger partial charge in [0.25, 0.3) is 5.91 Å². The van der Waals surface area contributed by atoms with Crippen LogP contribution in [-0.2, 0) is 57.0 Å². The predicted octanol–water partition coefficient (Wildman–Crippen LogP) is 8.26. The lowest BCUT2D eigenvalue weighted by atomic mass is 9.71. The second-order valence-corrected chi connectivity index (χ2v) is 24.7. The molecule has 0 radical (unpaired) electrons. The van der Waals surface area contributed by atoms with E-state index in [0.29, 0.717) is 53.3 Å². The second-order valence-electron chi connectivity index (χ2n) is 23.8. The largest absolute Gasteiger partial charge is 0.462 e. The molecule has 7 heterocycles. The summed E-state index contributed by atoms with van der Waals surface area (Å²) in [6, 6.07) is 2.88. The number of aliphatic hydroxyl groups is 3. The summed E-state index contributed by atoms with van der Waals surface area (Å²) in [5, 5.41) is 37.4. The Morgan fingerprint density at radius 1 is 0.867 bits per heavy atom. The van der Waals surface area contributed by atoms with Crippen molar-refractivity contribution in [1.29, 1.82) is 0 Å². The molecule has 20 atom stereocenters. The minimum absolute atomic E-state index is 0.0317. The number of carbonyl (C=O) groups is 4. The first kappa shape index (κ1) is 64.9. The normalized spacial score (nSPS) is 40.5. The number of hydrogen-bond acceptors (Lipinski definition) is 17. The molecule has 9 rings (SSSR count). The molecule has 0 aromatic heterocycles. The number of rotatable bonds is 10. The number of halogens is 2. The van der Waals surface area contributed by atoms with Crippen LogP contribution in [0.3, 0.4) is 0 Å². The first-order valence-electron chi connectivity index (χ1n) is 29.1. The van der Waals surface area contributed by atoms with Crippen LogP contribution in [0.2, 0.25) is 10.0 Å². The number of nitrogens with one attached hydrogen (secondary N) is 1. The number of imide groups is 2. The molecule has 7 aliphatic heterocycles. The molecule has 1 spiro atoms.